The molecule has 0 bridgehead atoms. The van der Waals surface area contributed by atoms with E-state index in [9.17, 15) is 19.2 Å². The van der Waals surface area contributed by atoms with Crippen LogP contribution >= 0.6 is 0 Å². The summed E-state index contributed by atoms with van der Waals surface area (Å²) in [6.45, 7) is 4.49. The Morgan fingerprint density at radius 3 is 2.72 bits per heavy atom. The molecule has 1 atom stereocenters. The van der Waals surface area contributed by atoms with E-state index in [0.29, 0.717) is 24.2 Å². The summed E-state index contributed by atoms with van der Waals surface area (Å²) in [6.07, 6.45) is -0.545. The van der Waals surface area contributed by atoms with E-state index in [0.717, 1.165) is 0 Å². The largest absolute Gasteiger partial charge is 0.448 e. The molecule has 1 aliphatic rings. The van der Waals surface area contributed by atoms with E-state index in [4.69, 9.17) is 15.2 Å². The summed E-state index contributed by atoms with van der Waals surface area (Å²) in [6, 6.07) is 6.89. The van der Waals surface area contributed by atoms with Crippen LogP contribution in [-0.4, -0.2) is 47.8 Å². The molecule has 2 aromatic rings. The fourth-order valence-corrected chi connectivity index (χ4v) is 3.73. The van der Waals surface area contributed by atoms with Crippen molar-refractivity contribution in [3.8, 4) is 0 Å². The molecule has 3 rings (SSSR count). The summed E-state index contributed by atoms with van der Waals surface area (Å²) in [7, 11) is 1.52. The van der Waals surface area contributed by atoms with Crippen molar-refractivity contribution in [2.75, 3.05) is 30.9 Å². The highest BCUT2D eigenvalue weighted by molar-refractivity contribution is 6.02. The number of benzene rings is 1. The number of anilines is 2. The number of rotatable bonds is 8. The summed E-state index contributed by atoms with van der Waals surface area (Å²) in [4.78, 5) is 54.4. The Labute approximate surface area is 184 Å². The van der Waals surface area contributed by atoms with Gasteiger partial charge in [-0.05, 0) is 24.0 Å². The SMILES string of the molecule is COCCCN(C(=O)[C@@H]1Cc2ccccc2C(=O)O1)c1c(N)n(CC(C)C)c(=O)[nH]c1=O. The highest BCUT2D eigenvalue weighted by Gasteiger charge is 2.36. The molecule has 1 amide bonds. The van der Waals surface area contributed by atoms with Gasteiger partial charge in [0.25, 0.3) is 11.5 Å². The maximum Gasteiger partial charge on any atom is 0.339 e. The first-order chi connectivity index (χ1) is 15.2. The van der Waals surface area contributed by atoms with Gasteiger partial charge in [0.2, 0.25) is 0 Å². The van der Waals surface area contributed by atoms with Crippen LogP contribution < -0.4 is 21.9 Å². The molecule has 3 N–H and O–H groups in total. The fourth-order valence-electron chi connectivity index (χ4n) is 3.73. The zero-order chi connectivity index (χ0) is 23.4. The van der Waals surface area contributed by atoms with E-state index in [1.54, 1.807) is 24.3 Å². The Morgan fingerprint density at radius 1 is 1.31 bits per heavy atom. The Morgan fingerprint density at radius 2 is 2.03 bits per heavy atom. The third-order valence-electron chi connectivity index (χ3n) is 5.20. The van der Waals surface area contributed by atoms with Gasteiger partial charge in [0.15, 0.2) is 11.8 Å². The molecule has 1 aromatic heterocycles. The summed E-state index contributed by atoms with van der Waals surface area (Å²) in [5.74, 6) is -1.23. The number of nitrogens with two attached hydrogens (primary N) is 1. The average molecular weight is 444 g/mol. The quantitative estimate of drug-likeness (QED) is 0.456. The van der Waals surface area contributed by atoms with Crippen LogP contribution in [0.4, 0.5) is 11.5 Å². The molecule has 0 saturated heterocycles. The Kier molecular flexibility index (Phi) is 7.14. The van der Waals surface area contributed by atoms with Crippen molar-refractivity contribution in [2.45, 2.75) is 39.3 Å². The minimum Gasteiger partial charge on any atom is -0.448 e. The lowest BCUT2D eigenvalue weighted by Gasteiger charge is -2.30. The summed E-state index contributed by atoms with van der Waals surface area (Å²) >= 11 is 0. The second kappa shape index (κ2) is 9.82. The van der Waals surface area contributed by atoms with Gasteiger partial charge in [0.05, 0.1) is 5.56 Å². The van der Waals surface area contributed by atoms with Crippen molar-refractivity contribution in [1.82, 2.24) is 9.55 Å². The second-order valence-corrected chi connectivity index (χ2v) is 8.09. The average Bonchev–Trinajstić information content (AvgIpc) is 2.75. The van der Waals surface area contributed by atoms with Crippen LogP contribution in [0, 0.1) is 5.92 Å². The molecule has 0 radical (unpaired) electrons. The van der Waals surface area contributed by atoms with E-state index < -0.39 is 29.2 Å². The zero-order valence-electron chi connectivity index (χ0n) is 18.4. The van der Waals surface area contributed by atoms with Crippen LogP contribution in [0.2, 0.25) is 0 Å². The van der Waals surface area contributed by atoms with E-state index in [-0.39, 0.29) is 36.9 Å². The number of hydrogen-bond donors (Lipinski definition) is 2. The Balaban J connectivity index is 2.03. The van der Waals surface area contributed by atoms with Crippen molar-refractivity contribution < 1.29 is 19.1 Å². The first-order valence-electron chi connectivity index (χ1n) is 10.5. The fraction of sp³-hybridized carbons (Fsp3) is 0.455. The molecule has 0 spiro atoms. The Bertz CT molecular complexity index is 1120. The number of amides is 1. The molecule has 0 aliphatic carbocycles. The first-order valence-corrected chi connectivity index (χ1v) is 10.5. The molecule has 172 valence electrons. The van der Waals surface area contributed by atoms with Gasteiger partial charge in [0.1, 0.15) is 5.82 Å². The maximum absolute atomic E-state index is 13.5. The third-order valence-corrected chi connectivity index (χ3v) is 5.20. The first kappa shape index (κ1) is 23.3. The lowest BCUT2D eigenvalue weighted by Crippen LogP contribution is -2.48. The second-order valence-electron chi connectivity index (χ2n) is 8.09. The van der Waals surface area contributed by atoms with Crippen molar-refractivity contribution >= 4 is 23.4 Å². The molecule has 10 nitrogen and oxygen atoms in total. The van der Waals surface area contributed by atoms with Gasteiger partial charge in [-0.1, -0.05) is 32.0 Å². The van der Waals surface area contributed by atoms with Crippen LogP contribution in [0.25, 0.3) is 0 Å². The van der Waals surface area contributed by atoms with Gasteiger partial charge < -0.3 is 20.1 Å². The monoisotopic (exact) mass is 444 g/mol. The molecule has 10 heteroatoms. The van der Waals surface area contributed by atoms with Crippen LogP contribution in [0.15, 0.2) is 33.9 Å². The molecule has 0 saturated carbocycles. The number of nitrogens with one attached hydrogen (secondary N) is 1. The minimum absolute atomic E-state index is 0.0715. The normalized spacial score (nSPS) is 15.4. The molecule has 1 aromatic carbocycles. The number of aromatic nitrogens is 2. The van der Waals surface area contributed by atoms with Gasteiger partial charge in [-0.3, -0.25) is 19.1 Å². The van der Waals surface area contributed by atoms with Crippen molar-refractivity contribution in [2.24, 2.45) is 5.92 Å². The molecule has 2 heterocycles. The smallest absolute Gasteiger partial charge is 0.339 e. The number of fused-ring (bicyclic) bond motifs is 1. The number of cyclic esters (lactones) is 1. The van der Waals surface area contributed by atoms with Crippen molar-refractivity contribution in [3.63, 3.8) is 0 Å². The predicted molar refractivity (Wildman–Crippen MR) is 119 cm³/mol. The molecular weight excluding hydrogens is 416 g/mol. The topological polar surface area (TPSA) is 137 Å². The highest BCUT2D eigenvalue weighted by atomic mass is 16.5. The van der Waals surface area contributed by atoms with Crippen molar-refractivity contribution in [1.29, 1.82) is 0 Å². The number of ether oxygens (including phenoxy) is 2. The number of aromatic amines is 1. The number of H-pyrrole nitrogens is 1. The molecule has 0 fully saturated rings. The van der Waals surface area contributed by atoms with E-state index in [1.165, 1.54) is 16.6 Å². The standard InChI is InChI=1S/C22H28N4O6/c1-13(2)12-26-18(23)17(19(27)24-22(26)30)25(9-6-10-31-3)20(28)16-11-14-7-4-5-8-15(14)21(29)32-16/h4-5,7-8,13,16H,6,9-12,23H2,1-3H3,(H,24,27,30)/t16-/m0/s1. The predicted octanol–water partition coefficient (Wildman–Crippen LogP) is 0.926. The number of hydrogen-bond acceptors (Lipinski definition) is 7. The molecule has 32 heavy (non-hydrogen) atoms. The summed E-state index contributed by atoms with van der Waals surface area (Å²) in [5, 5.41) is 0. The van der Waals surface area contributed by atoms with Gasteiger partial charge >= 0.3 is 11.7 Å². The lowest BCUT2D eigenvalue weighted by molar-refractivity contribution is -0.127. The van der Waals surface area contributed by atoms with Gasteiger partial charge in [-0.25, -0.2) is 9.59 Å². The molecule has 1 aliphatic heterocycles. The van der Waals surface area contributed by atoms with E-state index >= 15 is 0 Å². The number of carbonyl (C=O) groups is 2. The maximum atomic E-state index is 13.5. The van der Waals surface area contributed by atoms with Gasteiger partial charge in [0, 0.05) is 33.2 Å². The van der Waals surface area contributed by atoms with Crippen LogP contribution in [0.3, 0.4) is 0 Å². The number of nitrogen functional groups attached to an aromatic ring is 1. The summed E-state index contributed by atoms with van der Waals surface area (Å²) < 4.78 is 11.7. The van der Waals surface area contributed by atoms with Crippen LogP contribution in [0.1, 0.15) is 36.2 Å². The van der Waals surface area contributed by atoms with Crippen molar-refractivity contribution in [3.05, 3.63) is 56.2 Å². The summed E-state index contributed by atoms with van der Waals surface area (Å²) in [5.41, 5.74) is 5.75. The number of esters is 1. The van der Waals surface area contributed by atoms with Gasteiger partial charge in [-0.15, -0.1) is 0 Å². The highest BCUT2D eigenvalue weighted by Crippen LogP contribution is 2.25. The number of nitrogens with zero attached hydrogens (tertiary/aromatic N) is 2. The number of methoxy groups -OCH3 is 1. The van der Waals surface area contributed by atoms with E-state index in [2.05, 4.69) is 4.98 Å². The minimum atomic E-state index is -1.12. The zero-order valence-corrected chi connectivity index (χ0v) is 18.4. The Hall–Kier alpha value is -3.40. The van der Waals surface area contributed by atoms with Crippen LogP contribution in [0.5, 0.6) is 0 Å². The third kappa shape index (κ3) is 4.75. The van der Waals surface area contributed by atoms with E-state index in [1.807, 2.05) is 13.8 Å². The molecular formula is C22H28N4O6. The van der Waals surface area contributed by atoms with Gasteiger partial charge in [-0.2, -0.15) is 0 Å². The number of carbonyl (C=O) groups excluding carboxylic acids is 2. The lowest BCUT2D eigenvalue weighted by atomic mass is 9.98. The molecule has 0 unspecified atom stereocenters. The van der Waals surface area contributed by atoms with Crippen LogP contribution in [-0.2, 0) is 27.2 Å².